The van der Waals surface area contributed by atoms with E-state index >= 15 is 0 Å². The zero-order valence-corrected chi connectivity index (χ0v) is 14.6. The van der Waals surface area contributed by atoms with Crippen molar-refractivity contribution in [1.29, 1.82) is 0 Å². The summed E-state index contributed by atoms with van der Waals surface area (Å²) in [6.07, 6.45) is 1.93. The lowest BCUT2D eigenvalue weighted by Gasteiger charge is -2.08. The Morgan fingerprint density at radius 3 is 2.41 bits per heavy atom. The number of para-hydroxylation sites is 1. The Morgan fingerprint density at radius 2 is 1.74 bits per heavy atom. The van der Waals surface area contributed by atoms with Crippen molar-refractivity contribution in [3.05, 3.63) is 90.5 Å². The molecule has 1 amide bonds. The summed E-state index contributed by atoms with van der Waals surface area (Å²) in [5.74, 6) is -0.674. The first-order chi connectivity index (χ1) is 13.1. The molecule has 0 aliphatic rings. The number of nitrogens with zero attached hydrogens (tertiary/aromatic N) is 3. The molecule has 2 aromatic carbocycles. The van der Waals surface area contributed by atoms with Crippen LogP contribution in [0.3, 0.4) is 0 Å². The molecule has 2 aromatic heterocycles. The maximum absolute atomic E-state index is 13.1. The van der Waals surface area contributed by atoms with Crippen LogP contribution in [0.1, 0.15) is 10.5 Å². The number of carbonyl (C=O) groups is 1. The average Bonchev–Trinajstić information content (AvgIpc) is 3.30. The highest BCUT2D eigenvalue weighted by molar-refractivity contribution is 6.04. The van der Waals surface area contributed by atoms with Gasteiger partial charge in [-0.2, -0.15) is 5.10 Å². The van der Waals surface area contributed by atoms with Crippen LogP contribution in [0, 0.1) is 5.82 Å². The predicted octanol–water partition coefficient (Wildman–Crippen LogP) is 4.27. The van der Waals surface area contributed by atoms with E-state index in [4.69, 9.17) is 0 Å². The number of anilines is 1. The fourth-order valence-corrected chi connectivity index (χ4v) is 2.89. The molecule has 4 rings (SSSR count). The second-order valence-corrected chi connectivity index (χ2v) is 6.13. The number of hydrogen-bond donors (Lipinski definition) is 1. The van der Waals surface area contributed by atoms with Gasteiger partial charge >= 0.3 is 0 Å². The van der Waals surface area contributed by atoms with Crippen molar-refractivity contribution in [2.45, 2.75) is 0 Å². The quantitative estimate of drug-likeness (QED) is 0.591. The molecule has 134 valence electrons. The van der Waals surface area contributed by atoms with Gasteiger partial charge in [0.2, 0.25) is 0 Å². The van der Waals surface area contributed by atoms with Crippen molar-refractivity contribution in [2.75, 3.05) is 5.32 Å². The molecule has 2 heterocycles. The topological polar surface area (TPSA) is 51.9 Å². The molecule has 6 heteroatoms. The van der Waals surface area contributed by atoms with Crippen molar-refractivity contribution in [1.82, 2.24) is 14.3 Å². The largest absolute Gasteiger partial charge is 0.349 e. The minimum atomic E-state index is -0.353. The number of carbonyl (C=O) groups excluding carboxylic acids is 1. The summed E-state index contributed by atoms with van der Waals surface area (Å²) < 4.78 is 16.7. The van der Waals surface area contributed by atoms with Crippen LogP contribution in [0.2, 0.25) is 0 Å². The van der Waals surface area contributed by atoms with Crippen molar-refractivity contribution in [2.24, 2.45) is 7.05 Å². The Hall–Kier alpha value is -3.67. The molecule has 0 atom stereocenters. The van der Waals surface area contributed by atoms with Gasteiger partial charge in [-0.25, -0.2) is 9.07 Å². The van der Waals surface area contributed by atoms with E-state index in [1.807, 2.05) is 60.3 Å². The van der Waals surface area contributed by atoms with Crippen LogP contribution in [-0.2, 0) is 7.05 Å². The summed E-state index contributed by atoms with van der Waals surface area (Å²) in [6, 6.07) is 20.7. The van der Waals surface area contributed by atoms with E-state index in [2.05, 4.69) is 10.4 Å². The van der Waals surface area contributed by atoms with Crippen LogP contribution in [0.5, 0.6) is 0 Å². The summed E-state index contributed by atoms with van der Waals surface area (Å²) in [7, 11) is 1.93. The number of aryl methyl sites for hydroxylation is 1. The number of rotatable bonds is 4. The summed E-state index contributed by atoms with van der Waals surface area (Å²) in [4.78, 5) is 12.9. The number of aromatic nitrogens is 3. The van der Waals surface area contributed by atoms with Gasteiger partial charge in [-0.05, 0) is 54.6 Å². The zero-order valence-electron chi connectivity index (χ0n) is 14.6. The molecular formula is C21H17FN4O. The molecule has 0 aliphatic heterocycles. The first-order valence-corrected chi connectivity index (χ1v) is 8.46. The summed E-state index contributed by atoms with van der Waals surface area (Å²) in [6.45, 7) is 0. The van der Waals surface area contributed by atoms with Gasteiger partial charge in [0, 0.05) is 18.9 Å². The van der Waals surface area contributed by atoms with Crippen molar-refractivity contribution in [3.8, 4) is 17.1 Å². The second-order valence-electron chi connectivity index (χ2n) is 6.13. The van der Waals surface area contributed by atoms with Gasteiger partial charge in [0.25, 0.3) is 5.91 Å². The van der Waals surface area contributed by atoms with Gasteiger partial charge in [-0.15, -0.1) is 0 Å². The molecule has 5 nitrogen and oxygen atoms in total. The Bertz CT molecular complexity index is 1080. The molecule has 0 fully saturated rings. The zero-order chi connectivity index (χ0) is 18.8. The standard InChI is InChI=1S/C21H17FN4O/c1-25-13-5-8-19(25)18-14-20(26(24-18)17-6-3-2-4-7-17)21(27)23-16-11-9-15(22)10-12-16/h2-14H,1H3,(H,23,27). The van der Waals surface area contributed by atoms with Crippen LogP contribution >= 0.6 is 0 Å². The first kappa shape index (κ1) is 16.8. The lowest BCUT2D eigenvalue weighted by atomic mass is 10.2. The lowest BCUT2D eigenvalue weighted by Crippen LogP contribution is -2.16. The van der Waals surface area contributed by atoms with Gasteiger partial charge in [0.1, 0.15) is 17.2 Å². The smallest absolute Gasteiger partial charge is 0.274 e. The van der Waals surface area contributed by atoms with Crippen molar-refractivity contribution < 1.29 is 9.18 Å². The molecule has 0 saturated heterocycles. The van der Waals surface area contributed by atoms with E-state index in [0.29, 0.717) is 17.1 Å². The Kier molecular flexibility index (Phi) is 4.30. The number of halogens is 1. The monoisotopic (exact) mass is 360 g/mol. The third kappa shape index (κ3) is 3.37. The second kappa shape index (κ2) is 6.92. The van der Waals surface area contributed by atoms with Crippen LogP contribution in [-0.4, -0.2) is 20.3 Å². The van der Waals surface area contributed by atoms with E-state index in [1.165, 1.54) is 24.3 Å². The molecule has 0 radical (unpaired) electrons. The van der Waals surface area contributed by atoms with Crippen LogP contribution < -0.4 is 5.32 Å². The number of amides is 1. The SMILES string of the molecule is Cn1cccc1-c1cc(C(=O)Nc2ccc(F)cc2)n(-c2ccccc2)n1. The van der Waals surface area contributed by atoms with E-state index in [-0.39, 0.29) is 11.7 Å². The van der Waals surface area contributed by atoms with E-state index in [9.17, 15) is 9.18 Å². The lowest BCUT2D eigenvalue weighted by molar-refractivity contribution is 0.101. The maximum atomic E-state index is 13.1. The minimum absolute atomic E-state index is 0.321. The maximum Gasteiger partial charge on any atom is 0.274 e. The summed E-state index contributed by atoms with van der Waals surface area (Å²) in [5, 5.41) is 7.43. The van der Waals surface area contributed by atoms with Crippen LogP contribution in [0.15, 0.2) is 79.0 Å². The minimum Gasteiger partial charge on any atom is -0.349 e. The number of nitrogens with one attached hydrogen (secondary N) is 1. The third-order valence-corrected chi connectivity index (χ3v) is 4.25. The van der Waals surface area contributed by atoms with Gasteiger partial charge in [0.15, 0.2) is 0 Å². The number of benzene rings is 2. The Balaban J connectivity index is 1.76. The highest BCUT2D eigenvalue weighted by Gasteiger charge is 2.18. The average molecular weight is 360 g/mol. The summed E-state index contributed by atoms with van der Waals surface area (Å²) in [5.41, 5.74) is 3.28. The molecule has 0 spiro atoms. The fraction of sp³-hybridized carbons (Fsp3) is 0.0476. The normalized spacial score (nSPS) is 10.7. The number of hydrogen-bond acceptors (Lipinski definition) is 2. The van der Waals surface area contributed by atoms with E-state index < -0.39 is 0 Å². The van der Waals surface area contributed by atoms with Gasteiger partial charge in [-0.1, -0.05) is 18.2 Å². The molecule has 0 saturated carbocycles. The van der Waals surface area contributed by atoms with Crippen molar-refractivity contribution in [3.63, 3.8) is 0 Å². The molecule has 0 bridgehead atoms. The molecular weight excluding hydrogens is 343 g/mol. The fourth-order valence-electron chi connectivity index (χ4n) is 2.89. The summed E-state index contributed by atoms with van der Waals surface area (Å²) >= 11 is 0. The van der Waals surface area contributed by atoms with Gasteiger partial charge in [0.05, 0.1) is 11.4 Å². The van der Waals surface area contributed by atoms with Crippen LogP contribution in [0.4, 0.5) is 10.1 Å². The first-order valence-electron chi connectivity index (χ1n) is 8.46. The van der Waals surface area contributed by atoms with Gasteiger partial charge in [-0.3, -0.25) is 4.79 Å². The molecule has 0 unspecified atom stereocenters. The molecule has 0 aliphatic carbocycles. The van der Waals surface area contributed by atoms with E-state index in [0.717, 1.165) is 11.4 Å². The highest BCUT2D eigenvalue weighted by atomic mass is 19.1. The molecule has 27 heavy (non-hydrogen) atoms. The Morgan fingerprint density at radius 1 is 1.00 bits per heavy atom. The highest BCUT2D eigenvalue weighted by Crippen LogP contribution is 2.23. The molecule has 4 aromatic rings. The third-order valence-electron chi connectivity index (χ3n) is 4.25. The van der Waals surface area contributed by atoms with Crippen LogP contribution in [0.25, 0.3) is 17.1 Å². The molecule has 1 N–H and O–H groups in total. The predicted molar refractivity (Wildman–Crippen MR) is 102 cm³/mol. The Labute approximate surface area is 155 Å². The van der Waals surface area contributed by atoms with E-state index in [1.54, 1.807) is 10.7 Å². The van der Waals surface area contributed by atoms with Gasteiger partial charge < -0.3 is 9.88 Å². The van der Waals surface area contributed by atoms with Crippen molar-refractivity contribution >= 4 is 11.6 Å².